The molecule has 0 spiro atoms. The summed E-state index contributed by atoms with van der Waals surface area (Å²) in [5, 5.41) is 3.27. The molecule has 0 fully saturated rings. The molecule has 0 saturated carbocycles. The molecule has 1 nitrogen and oxygen atoms in total. The molecule has 13 heavy (non-hydrogen) atoms. The normalized spacial score (nSPS) is 13.8. The van der Waals surface area contributed by atoms with E-state index in [0.717, 1.165) is 12.5 Å². The highest BCUT2D eigenvalue weighted by molar-refractivity contribution is 4.82. The summed E-state index contributed by atoms with van der Waals surface area (Å²) in [6.45, 7) is 15.2. The summed E-state index contributed by atoms with van der Waals surface area (Å²) in [4.78, 5) is 0. The number of rotatable bonds is 5. The van der Waals surface area contributed by atoms with Crippen LogP contribution in [0.1, 0.15) is 48.0 Å². The van der Waals surface area contributed by atoms with E-state index in [1.54, 1.807) is 0 Å². The number of nitrogens with one attached hydrogen (secondary N) is 1. The molecule has 80 valence electrons. The van der Waals surface area contributed by atoms with Crippen LogP contribution in [0.3, 0.4) is 0 Å². The van der Waals surface area contributed by atoms with Gasteiger partial charge in [0, 0.05) is 0 Å². The zero-order valence-corrected chi connectivity index (χ0v) is 10.5. The van der Waals surface area contributed by atoms with Gasteiger partial charge in [0.2, 0.25) is 0 Å². The van der Waals surface area contributed by atoms with Crippen LogP contribution in [-0.4, -0.2) is 13.6 Å². The van der Waals surface area contributed by atoms with Gasteiger partial charge in [-0.05, 0) is 36.8 Å². The number of hydrogen-bond donors (Lipinski definition) is 1. The molecule has 0 aromatic heterocycles. The lowest BCUT2D eigenvalue weighted by Crippen LogP contribution is -2.34. The van der Waals surface area contributed by atoms with Crippen LogP contribution in [0.25, 0.3) is 0 Å². The highest BCUT2D eigenvalue weighted by atomic mass is 14.8. The van der Waals surface area contributed by atoms with E-state index in [0.29, 0.717) is 10.8 Å². The second-order valence-electron chi connectivity index (χ2n) is 6.01. The average molecular weight is 185 g/mol. The fourth-order valence-electron chi connectivity index (χ4n) is 1.98. The lowest BCUT2D eigenvalue weighted by atomic mass is 9.69. The molecule has 0 saturated heterocycles. The molecule has 0 atom stereocenters. The summed E-state index contributed by atoms with van der Waals surface area (Å²) in [5.74, 6) is 0.753. The Kier molecular flexibility index (Phi) is 4.44. The minimum Gasteiger partial charge on any atom is -0.319 e. The van der Waals surface area contributed by atoms with Crippen molar-refractivity contribution >= 4 is 0 Å². The molecule has 0 unspecified atom stereocenters. The van der Waals surface area contributed by atoms with Gasteiger partial charge in [-0.25, -0.2) is 0 Å². The van der Waals surface area contributed by atoms with Crippen LogP contribution in [0.2, 0.25) is 0 Å². The van der Waals surface area contributed by atoms with Gasteiger partial charge in [-0.3, -0.25) is 0 Å². The third-order valence-electron chi connectivity index (χ3n) is 3.15. The summed E-state index contributed by atoms with van der Waals surface area (Å²) in [6, 6.07) is 0. The largest absolute Gasteiger partial charge is 0.319 e. The molecule has 0 bridgehead atoms. The lowest BCUT2D eigenvalue weighted by molar-refractivity contribution is 0.139. The van der Waals surface area contributed by atoms with E-state index in [4.69, 9.17) is 0 Å². The zero-order chi connectivity index (χ0) is 10.7. The van der Waals surface area contributed by atoms with Crippen molar-refractivity contribution in [2.45, 2.75) is 48.0 Å². The Balaban J connectivity index is 4.24. The molecule has 1 heteroatoms. The summed E-state index contributed by atoms with van der Waals surface area (Å²) in [6.07, 6.45) is 1.28. The molecule has 0 aromatic rings. The molecular weight excluding hydrogens is 158 g/mol. The van der Waals surface area contributed by atoms with Gasteiger partial charge in [0.1, 0.15) is 0 Å². The smallest absolute Gasteiger partial charge is 0.0000284 e. The van der Waals surface area contributed by atoms with Gasteiger partial charge in [-0.15, -0.1) is 0 Å². The van der Waals surface area contributed by atoms with E-state index in [9.17, 15) is 0 Å². The van der Waals surface area contributed by atoms with Crippen molar-refractivity contribution in [3.05, 3.63) is 0 Å². The Morgan fingerprint density at radius 3 is 1.85 bits per heavy atom. The molecule has 0 aliphatic carbocycles. The molecule has 0 heterocycles. The maximum absolute atomic E-state index is 3.27. The first kappa shape index (κ1) is 13.0. The van der Waals surface area contributed by atoms with Crippen LogP contribution >= 0.6 is 0 Å². The van der Waals surface area contributed by atoms with E-state index in [1.807, 2.05) is 7.05 Å². The zero-order valence-electron chi connectivity index (χ0n) is 10.5. The first-order chi connectivity index (χ1) is 5.71. The van der Waals surface area contributed by atoms with Crippen molar-refractivity contribution in [1.29, 1.82) is 0 Å². The Morgan fingerprint density at radius 2 is 1.54 bits per heavy atom. The van der Waals surface area contributed by atoms with Crippen LogP contribution in [0, 0.1) is 16.7 Å². The van der Waals surface area contributed by atoms with Crippen LogP contribution in [-0.2, 0) is 0 Å². The van der Waals surface area contributed by atoms with Gasteiger partial charge in [-0.1, -0.05) is 41.5 Å². The lowest BCUT2D eigenvalue weighted by Gasteiger charge is -2.37. The molecule has 0 aliphatic rings. The van der Waals surface area contributed by atoms with Crippen molar-refractivity contribution in [3.8, 4) is 0 Å². The quantitative estimate of drug-likeness (QED) is 0.693. The summed E-state index contributed by atoms with van der Waals surface area (Å²) in [5.41, 5.74) is 0.850. The monoisotopic (exact) mass is 185 g/mol. The van der Waals surface area contributed by atoms with Crippen molar-refractivity contribution < 1.29 is 0 Å². The van der Waals surface area contributed by atoms with Crippen LogP contribution in [0.5, 0.6) is 0 Å². The SMILES string of the molecule is CNCC(C)(C)CC(C)(C)C(C)C. The maximum atomic E-state index is 3.27. The molecule has 0 amide bonds. The highest BCUT2D eigenvalue weighted by Crippen LogP contribution is 2.38. The van der Waals surface area contributed by atoms with E-state index in [2.05, 4.69) is 46.9 Å². The third kappa shape index (κ3) is 4.66. The molecule has 1 N–H and O–H groups in total. The summed E-state index contributed by atoms with van der Waals surface area (Å²) >= 11 is 0. The van der Waals surface area contributed by atoms with E-state index < -0.39 is 0 Å². The van der Waals surface area contributed by atoms with Crippen LogP contribution < -0.4 is 5.32 Å². The average Bonchev–Trinajstić information content (AvgIpc) is 1.83. The molecular formula is C12H27N. The Labute approximate surface area is 84.3 Å². The second-order valence-corrected chi connectivity index (χ2v) is 6.01. The topological polar surface area (TPSA) is 12.0 Å². The Bertz CT molecular complexity index is 145. The van der Waals surface area contributed by atoms with Gasteiger partial charge in [0.15, 0.2) is 0 Å². The highest BCUT2D eigenvalue weighted by Gasteiger charge is 2.30. The second kappa shape index (κ2) is 4.45. The Morgan fingerprint density at radius 1 is 1.08 bits per heavy atom. The van der Waals surface area contributed by atoms with Crippen molar-refractivity contribution in [2.75, 3.05) is 13.6 Å². The van der Waals surface area contributed by atoms with Crippen LogP contribution in [0.4, 0.5) is 0 Å². The fourth-order valence-corrected chi connectivity index (χ4v) is 1.98. The predicted octanol–water partition coefficient (Wildman–Crippen LogP) is 3.30. The van der Waals surface area contributed by atoms with Crippen molar-refractivity contribution in [2.24, 2.45) is 16.7 Å². The summed E-state index contributed by atoms with van der Waals surface area (Å²) < 4.78 is 0. The Hall–Kier alpha value is -0.0400. The minimum absolute atomic E-state index is 0.405. The van der Waals surface area contributed by atoms with E-state index >= 15 is 0 Å². The predicted molar refractivity (Wildman–Crippen MR) is 60.9 cm³/mol. The first-order valence-electron chi connectivity index (χ1n) is 5.36. The summed E-state index contributed by atoms with van der Waals surface area (Å²) in [7, 11) is 2.03. The van der Waals surface area contributed by atoms with Gasteiger partial charge >= 0.3 is 0 Å². The molecule has 0 aliphatic heterocycles. The fraction of sp³-hybridized carbons (Fsp3) is 1.00. The van der Waals surface area contributed by atoms with Crippen LogP contribution in [0.15, 0.2) is 0 Å². The number of hydrogen-bond acceptors (Lipinski definition) is 1. The third-order valence-corrected chi connectivity index (χ3v) is 3.15. The van der Waals surface area contributed by atoms with E-state index in [1.165, 1.54) is 6.42 Å². The van der Waals surface area contributed by atoms with Crippen molar-refractivity contribution in [1.82, 2.24) is 5.32 Å². The van der Waals surface area contributed by atoms with E-state index in [-0.39, 0.29) is 0 Å². The molecule has 0 aromatic carbocycles. The van der Waals surface area contributed by atoms with Gasteiger partial charge < -0.3 is 5.32 Å². The van der Waals surface area contributed by atoms with Gasteiger partial charge in [0.25, 0.3) is 0 Å². The van der Waals surface area contributed by atoms with Crippen molar-refractivity contribution in [3.63, 3.8) is 0 Å². The minimum atomic E-state index is 0.405. The van der Waals surface area contributed by atoms with Gasteiger partial charge in [0.05, 0.1) is 0 Å². The molecule has 0 radical (unpaired) electrons. The molecule has 0 rings (SSSR count). The van der Waals surface area contributed by atoms with Gasteiger partial charge in [-0.2, -0.15) is 0 Å². The first-order valence-corrected chi connectivity index (χ1v) is 5.36. The maximum Gasteiger partial charge on any atom is -0.0000284 e. The standard InChI is InChI=1S/C12H27N/c1-10(2)12(5,6)8-11(3,4)9-13-7/h10,13H,8-9H2,1-7H3.